The number of hydrogen-bond acceptors (Lipinski definition) is 3. The van der Waals surface area contributed by atoms with E-state index in [4.69, 9.17) is 9.84 Å². The molecule has 3 atom stereocenters. The number of rotatable bonds is 10. The maximum absolute atomic E-state index is 11.1. The van der Waals surface area contributed by atoms with E-state index in [0.29, 0.717) is 17.6 Å². The smallest absolute Gasteiger partial charge is 0.341 e. The van der Waals surface area contributed by atoms with E-state index in [2.05, 4.69) is 124 Å². The van der Waals surface area contributed by atoms with Crippen LogP contribution in [0.4, 0.5) is 0 Å². The lowest BCUT2D eigenvalue weighted by atomic mass is 9.72. The lowest BCUT2D eigenvalue weighted by Crippen LogP contribution is -2.24. The second-order valence-electron chi connectivity index (χ2n) is 15.8. The first kappa shape index (κ1) is 32.8. The number of ether oxygens (including phenoxy) is 1. The molecule has 1 N–H and O–H groups in total. The third-order valence-corrected chi connectivity index (χ3v) is 9.73. The molecule has 1 aliphatic carbocycles. The van der Waals surface area contributed by atoms with Gasteiger partial charge in [-0.25, -0.2) is 4.79 Å². The summed E-state index contributed by atoms with van der Waals surface area (Å²) >= 11 is 0. The summed E-state index contributed by atoms with van der Waals surface area (Å²) in [6.07, 6.45) is 5.20. The zero-order valence-corrected chi connectivity index (χ0v) is 28.4. The van der Waals surface area contributed by atoms with Crippen molar-refractivity contribution in [2.75, 3.05) is 6.61 Å². The molecule has 1 aliphatic rings. The monoisotopic (exact) mass is 583 g/mol. The van der Waals surface area contributed by atoms with Gasteiger partial charge in [-0.3, -0.25) is 4.98 Å². The van der Waals surface area contributed by atoms with Crippen molar-refractivity contribution in [3.63, 3.8) is 0 Å². The largest absolute Gasteiger partial charge is 0.482 e. The number of carbonyl (C=O) groups is 1. The molecule has 0 bridgehead atoms. The summed E-state index contributed by atoms with van der Waals surface area (Å²) in [6.45, 7) is 25.0. The average molecular weight is 584 g/mol. The molecular weight excluding hydrogens is 530 g/mol. The normalized spacial score (nSPS) is 19.7. The van der Waals surface area contributed by atoms with Gasteiger partial charge in [0, 0.05) is 17.3 Å². The minimum Gasteiger partial charge on any atom is -0.482 e. The van der Waals surface area contributed by atoms with Crippen molar-refractivity contribution in [1.29, 1.82) is 0 Å². The Morgan fingerprint density at radius 2 is 1.67 bits per heavy atom. The molecule has 0 spiro atoms. The zero-order valence-electron chi connectivity index (χ0n) is 28.4. The van der Waals surface area contributed by atoms with Crippen LogP contribution in [0, 0.1) is 6.92 Å². The topological polar surface area (TPSA) is 59.4 Å². The molecule has 2 aromatic carbocycles. The number of aryl methyl sites for hydroxylation is 1. The van der Waals surface area contributed by atoms with Gasteiger partial charge >= 0.3 is 5.97 Å². The average Bonchev–Trinajstić information content (AvgIpc) is 3.61. The highest BCUT2D eigenvalue weighted by atomic mass is 16.5. The van der Waals surface area contributed by atoms with Crippen molar-refractivity contribution in [1.82, 2.24) is 4.98 Å². The number of aromatic nitrogens is 1. The van der Waals surface area contributed by atoms with Gasteiger partial charge in [0.05, 0.1) is 0 Å². The Morgan fingerprint density at radius 3 is 2.30 bits per heavy atom. The number of pyridine rings is 1. The van der Waals surface area contributed by atoms with Crippen LogP contribution in [-0.4, -0.2) is 22.7 Å². The Morgan fingerprint density at radius 1 is 1.00 bits per heavy atom. The summed E-state index contributed by atoms with van der Waals surface area (Å²) in [4.78, 5) is 15.8. The second-order valence-corrected chi connectivity index (χ2v) is 15.8. The van der Waals surface area contributed by atoms with E-state index in [9.17, 15) is 4.79 Å². The van der Waals surface area contributed by atoms with Crippen LogP contribution in [0.3, 0.4) is 0 Å². The molecule has 0 aliphatic heterocycles. The molecule has 4 heteroatoms. The molecule has 1 aromatic heterocycles. The number of hydrogen-bond donors (Lipinski definition) is 1. The molecule has 1 fully saturated rings. The van der Waals surface area contributed by atoms with Crippen LogP contribution in [0.5, 0.6) is 5.75 Å². The van der Waals surface area contributed by atoms with E-state index in [1.165, 1.54) is 33.4 Å². The number of aliphatic carboxylic acids is 1. The third kappa shape index (κ3) is 7.00. The Hall–Kier alpha value is -3.14. The lowest BCUT2D eigenvalue weighted by Gasteiger charge is -2.33. The van der Waals surface area contributed by atoms with Gasteiger partial charge in [0.2, 0.25) is 0 Å². The van der Waals surface area contributed by atoms with Gasteiger partial charge in [-0.1, -0.05) is 99.6 Å². The van der Waals surface area contributed by atoms with Crippen LogP contribution in [0.15, 0.2) is 54.7 Å². The number of benzene rings is 2. The van der Waals surface area contributed by atoms with Crippen molar-refractivity contribution < 1.29 is 14.6 Å². The van der Waals surface area contributed by atoms with E-state index < -0.39 is 5.97 Å². The van der Waals surface area contributed by atoms with Gasteiger partial charge in [-0.15, -0.1) is 0 Å². The summed E-state index contributed by atoms with van der Waals surface area (Å²) in [5, 5.41) is 9.12. The standard InChI is InChI=1S/C39H53NO3/c1-25(29-22-27(43-24-34(41)42)16-17-30(29)36(3,4)5)18-20-38(9,10)31-14-12-13-15-32(31)39(11)23-33(39)28-19-21-40-26(2)35(28)37(6,7)8/h12-17,19,21-22,25,33H,18,20,23-24H2,1-11H3,(H,41,42). The van der Waals surface area contributed by atoms with Gasteiger partial charge < -0.3 is 9.84 Å². The van der Waals surface area contributed by atoms with Crippen molar-refractivity contribution in [2.45, 2.75) is 129 Å². The second kappa shape index (κ2) is 11.7. The summed E-state index contributed by atoms with van der Waals surface area (Å²) in [5.41, 5.74) is 9.59. The van der Waals surface area contributed by atoms with Gasteiger partial charge in [0.1, 0.15) is 5.75 Å². The molecule has 1 heterocycles. The molecular formula is C39H53NO3. The summed E-state index contributed by atoms with van der Waals surface area (Å²) in [6, 6.07) is 17.5. The molecule has 0 radical (unpaired) electrons. The van der Waals surface area contributed by atoms with E-state index in [1.54, 1.807) is 0 Å². The number of carboxylic acids is 1. The van der Waals surface area contributed by atoms with Crippen molar-refractivity contribution in [2.24, 2.45) is 0 Å². The molecule has 3 aromatic rings. The molecule has 3 unspecified atom stereocenters. The van der Waals surface area contributed by atoms with Gasteiger partial charge in [-0.05, 0) is 106 Å². The van der Waals surface area contributed by atoms with E-state index in [0.717, 1.165) is 25.0 Å². The van der Waals surface area contributed by atoms with E-state index in [-0.39, 0.29) is 28.3 Å². The molecule has 0 amide bonds. The summed E-state index contributed by atoms with van der Waals surface area (Å²) in [5.74, 6) is 0.445. The predicted octanol–water partition coefficient (Wildman–Crippen LogP) is 9.76. The highest BCUT2D eigenvalue weighted by molar-refractivity contribution is 5.68. The molecule has 232 valence electrons. The van der Waals surface area contributed by atoms with Gasteiger partial charge in [0.15, 0.2) is 6.61 Å². The first-order valence-corrected chi connectivity index (χ1v) is 15.9. The molecule has 4 nitrogen and oxygen atoms in total. The maximum atomic E-state index is 11.1. The summed E-state index contributed by atoms with van der Waals surface area (Å²) < 4.78 is 5.58. The van der Waals surface area contributed by atoms with Crippen LogP contribution < -0.4 is 4.74 Å². The molecule has 0 saturated heterocycles. The SMILES string of the molecule is Cc1nccc(C2CC2(C)c2ccccc2C(C)(C)CCC(C)c2cc(OCC(=O)O)ccc2C(C)(C)C)c1C(C)(C)C. The van der Waals surface area contributed by atoms with Crippen LogP contribution in [0.2, 0.25) is 0 Å². The van der Waals surface area contributed by atoms with Crippen LogP contribution in [-0.2, 0) is 26.5 Å². The van der Waals surface area contributed by atoms with E-state index in [1.807, 2.05) is 12.3 Å². The van der Waals surface area contributed by atoms with Crippen LogP contribution in [0.1, 0.15) is 139 Å². The number of nitrogens with zero attached hydrogens (tertiary/aromatic N) is 1. The zero-order chi connectivity index (χ0) is 32.0. The quantitative estimate of drug-likeness (QED) is 0.258. The fourth-order valence-corrected chi connectivity index (χ4v) is 7.27. The highest BCUT2D eigenvalue weighted by Gasteiger charge is 2.54. The Kier molecular flexibility index (Phi) is 8.95. The van der Waals surface area contributed by atoms with Crippen molar-refractivity contribution in [3.05, 3.63) is 93.8 Å². The third-order valence-electron chi connectivity index (χ3n) is 9.73. The molecule has 1 saturated carbocycles. The molecule has 4 rings (SSSR count). The molecule has 43 heavy (non-hydrogen) atoms. The number of carboxylic acid groups (broad SMARTS) is 1. The first-order valence-electron chi connectivity index (χ1n) is 15.9. The predicted molar refractivity (Wildman–Crippen MR) is 178 cm³/mol. The minimum absolute atomic E-state index is 0.0126. The van der Waals surface area contributed by atoms with Crippen molar-refractivity contribution in [3.8, 4) is 5.75 Å². The Balaban J connectivity index is 1.61. The van der Waals surface area contributed by atoms with Gasteiger partial charge in [0.25, 0.3) is 0 Å². The van der Waals surface area contributed by atoms with E-state index >= 15 is 0 Å². The van der Waals surface area contributed by atoms with Crippen molar-refractivity contribution >= 4 is 5.97 Å². The fourth-order valence-electron chi connectivity index (χ4n) is 7.27. The lowest BCUT2D eigenvalue weighted by molar-refractivity contribution is -0.139. The Labute approximate surface area is 260 Å². The Bertz CT molecular complexity index is 1470. The minimum atomic E-state index is -0.963. The highest BCUT2D eigenvalue weighted by Crippen LogP contribution is 2.63. The maximum Gasteiger partial charge on any atom is 0.341 e. The van der Waals surface area contributed by atoms with Crippen LogP contribution in [0.25, 0.3) is 0 Å². The summed E-state index contributed by atoms with van der Waals surface area (Å²) in [7, 11) is 0. The van der Waals surface area contributed by atoms with Gasteiger partial charge in [-0.2, -0.15) is 0 Å². The first-order chi connectivity index (χ1) is 19.9. The fraction of sp³-hybridized carbons (Fsp3) is 0.538. The van der Waals surface area contributed by atoms with Crippen LogP contribution >= 0.6 is 0 Å².